The first kappa shape index (κ1) is 48.3. The molecule has 5 saturated heterocycles. The normalized spacial score (nSPS) is 58.6. The monoisotopic (exact) mass is 918 g/mol. The molecule has 28 atom stereocenters. The van der Waals surface area contributed by atoms with Gasteiger partial charge >= 0.3 is 0 Å². The molecule has 0 aromatic carbocycles. The minimum absolute atomic E-state index is 0.0745. The van der Waals surface area contributed by atoms with Crippen LogP contribution in [0.4, 0.5) is 0 Å². The highest BCUT2D eigenvalue weighted by molar-refractivity contribution is 5.16. The fourth-order valence-electron chi connectivity index (χ4n) is 14.7. The number of fused-ring (bicyclic) bond motifs is 7. The predicted molar refractivity (Wildman–Crippen MR) is 217 cm³/mol. The van der Waals surface area contributed by atoms with E-state index < -0.39 is 130 Å². The first-order valence-corrected chi connectivity index (χ1v) is 23.9. The number of aliphatic hydroxyl groups excluding tert-OH is 11. The van der Waals surface area contributed by atoms with E-state index in [1.54, 1.807) is 0 Å². The molecule has 4 aliphatic carbocycles. The zero-order valence-electron chi connectivity index (χ0n) is 37.3. The molecule has 0 bridgehead atoms. The minimum Gasteiger partial charge on any atom is -0.394 e. The Balaban J connectivity index is 0.847. The van der Waals surface area contributed by atoms with Crippen LogP contribution < -0.4 is 0 Å². The maximum Gasteiger partial charge on any atom is 0.187 e. The number of aliphatic hydroxyl groups is 11. The molecular formula is C45H74O19. The van der Waals surface area contributed by atoms with Gasteiger partial charge in [0.25, 0.3) is 0 Å². The molecule has 11 N–H and O–H groups in total. The molecule has 64 heavy (non-hydrogen) atoms. The van der Waals surface area contributed by atoms with Crippen molar-refractivity contribution in [3.05, 3.63) is 0 Å². The van der Waals surface area contributed by atoms with Crippen molar-refractivity contribution in [2.75, 3.05) is 26.4 Å². The quantitative estimate of drug-likeness (QED) is 0.114. The van der Waals surface area contributed by atoms with Crippen LogP contribution in [0.25, 0.3) is 0 Å². The van der Waals surface area contributed by atoms with Crippen LogP contribution in [0.2, 0.25) is 0 Å². The first-order chi connectivity index (χ1) is 30.4. The Morgan fingerprint density at radius 1 is 0.547 bits per heavy atom. The van der Waals surface area contributed by atoms with Crippen molar-refractivity contribution >= 4 is 0 Å². The van der Waals surface area contributed by atoms with Crippen LogP contribution >= 0.6 is 0 Å². The first-order valence-electron chi connectivity index (χ1n) is 23.9. The van der Waals surface area contributed by atoms with Gasteiger partial charge in [-0.15, -0.1) is 0 Å². The second-order valence-corrected chi connectivity index (χ2v) is 21.7. The fourth-order valence-corrected chi connectivity index (χ4v) is 14.7. The highest BCUT2D eigenvalue weighted by Gasteiger charge is 2.70. The third-order valence-corrected chi connectivity index (χ3v) is 18.3. The minimum atomic E-state index is -1.90. The van der Waals surface area contributed by atoms with Crippen molar-refractivity contribution in [3.8, 4) is 0 Å². The Morgan fingerprint density at radius 2 is 1.14 bits per heavy atom. The van der Waals surface area contributed by atoms with Gasteiger partial charge in [-0.25, -0.2) is 0 Å². The van der Waals surface area contributed by atoms with Crippen LogP contribution in [-0.4, -0.2) is 199 Å². The lowest BCUT2D eigenvalue weighted by atomic mass is 9.43. The zero-order valence-corrected chi connectivity index (χ0v) is 37.3. The lowest BCUT2D eigenvalue weighted by Crippen LogP contribution is -2.67. The lowest BCUT2D eigenvalue weighted by molar-refractivity contribution is -0.390. The van der Waals surface area contributed by atoms with Crippen molar-refractivity contribution < 1.29 is 94.1 Å². The van der Waals surface area contributed by atoms with E-state index in [9.17, 15) is 56.2 Å². The van der Waals surface area contributed by atoms with Gasteiger partial charge in [0.15, 0.2) is 24.7 Å². The van der Waals surface area contributed by atoms with Crippen molar-refractivity contribution in [3.63, 3.8) is 0 Å². The summed E-state index contributed by atoms with van der Waals surface area (Å²) in [6, 6.07) is 0. The Morgan fingerprint density at radius 3 is 1.81 bits per heavy atom. The standard InChI is InChI=1S/C45H74O19/c1-18-5-10-45(57-17-18)19(2)30-26(64-45)13-23-21-12-25(49)24-11-20(6-8-43(24,3)22(21)7-9-44(23,30)4)58-40-37(56)35(54)38(29(16-48)61-40)62-42-39(34(53)32(51)28(15-47)60-42)63-41-36(55)33(52)31(50)27(14-46)59-41/h18-42,46-56H,5-17H2,1-4H3/t18-,19+,20+,21-,22+,23+,24-,25+,26+,27-,28-,29-,30+,31-,32-,33+,34+,35-,36-,37-,38+,39-,40-,41+,42+,43-,44+,45-/m1/s1. The Kier molecular flexibility index (Phi) is 13.7. The van der Waals surface area contributed by atoms with Gasteiger partial charge in [-0.05, 0) is 97.7 Å². The molecule has 9 fully saturated rings. The molecule has 0 aromatic heterocycles. The average molecular weight is 919 g/mol. The number of ether oxygens (including phenoxy) is 8. The molecule has 5 heterocycles. The van der Waals surface area contributed by atoms with Gasteiger partial charge < -0.3 is 94.1 Å². The summed E-state index contributed by atoms with van der Waals surface area (Å²) in [7, 11) is 0. The summed E-state index contributed by atoms with van der Waals surface area (Å²) in [4.78, 5) is 0. The van der Waals surface area contributed by atoms with Gasteiger partial charge in [0, 0.05) is 12.3 Å². The van der Waals surface area contributed by atoms with Crippen LogP contribution in [0.15, 0.2) is 0 Å². The molecular weight excluding hydrogens is 844 g/mol. The Labute approximate surface area is 373 Å². The second kappa shape index (κ2) is 18.2. The van der Waals surface area contributed by atoms with Gasteiger partial charge in [0.05, 0.1) is 44.7 Å². The van der Waals surface area contributed by atoms with Gasteiger partial charge in [-0.2, -0.15) is 0 Å². The van der Waals surface area contributed by atoms with E-state index in [1.807, 2.05) is 0 Å². The van der Waals surface area contributed by atoms with Crippen molar-refractivity contribution in [1.82, 2.24) is 0 Å². The smallest absolute Gasteiger partial charge is 0.187 e. The molecule has 9 rings (SSSR count). The molecule has 19 heteroatoms. The highest BCUT2D eigenvalue weighted by Crippen LogP contribution is 2.71. The number of rotatable bonds is 9. The molecule has 9 aliphatic rings. The number of hydrogen-bond donors (Lipinski definition) is 11. The molecule has 0 amide bonds. The Hall–Kier alpha value is -0.760. The van der Waals surface area contributed by atoms with Gasteiger partial charge in [0.1, 0.15) is 73.2 Å². The third-order valence-electron chi connectivity index (χ3n) is 18.3. The van der Waals surface area contributed by atoms with E-state index in [2.05, 4.69) is 27.7 Å². The zero-order chi connectivity index (χ0) is 45.8. The van der Waals surface area contributed by atoms with Crippen LogP contribution in [0.1, 0.15) is 85.5 Å². The van der Waals surface area contributed by atoms with E-state index in [0.717, 1.165) is 45.1 Å². The fraction of sp³-hybridized carbons (Fsp3) is 1.00. The van der Waals surface area contributed by atoms with Crippen LogP contribution in [0.5, 0.6) is 0 Å². The van der Waals surface area contributed by atoms with Gasteiger partial charge in [-0.3, -0.25) is 0 Å². The maximum absolute atomic E-state index is 12.0. The maximum atomic E-state index is 12.0. The average Bonchev–Trinajstić information content (AvgIpc) is 3.73. The van der Waals surface area contributed by atoms with Crippen molar-refractivity contribution in [1.29, 1.82) is 0 Å². The predicted octanol–water partition coefficient (Wildman–Crippen LogP) is -1.76. The van der Waals surface area contributed by atoms with E-state index >= 15 is 0 Å². The van der Waals surface area contributed by atoms with E-state index in [-0.39, 0.29) is 22.9 Å². The van der Waals surface area contributed by atoms with Crippen LogP contribution in [-0.2, 0) is 37.9 Å². The Bertz CT molecular complexity index is 1600. The molecule has 1 spiro atoms. The molecule has 0 radical (unpaired) electrons. The number of hydrogen-bond acceptors (Lipinski definition) is 19. The van der Waals surface area contributed by atoms with E-state index in [0.29, 0.717) is 54.8 Å². The largest absolute Gasteiger partial charge is 0.394 e. The summed E-state index contributed by atoms with van der Waals surface area (Å²) in [5.74, 6) is 1.94. The summed E-state index contributed by atoms with van der Waals surface area (Å²) in [5.41, 5.74) is -0.0398. The molecule has 4 saturated carbocycles. The summed E-state index contributed by atoms with van der Waals surface area (Å²) < 4.78 is 48.8. The summed E-state index contributed by atoms with van der Waals surface area (Å²) in [6.07, 6.45) is -18.1. The molecule has 0 unspecified atom stereocenters. The van der Waals surface area contributed by atoms with E-state index in [1.165, 1.54) is 0 Å². The van der Waals surface area contributed by atoms with Gasteiger partial charge in [0.2, 0.25) is 0 Å². The SMILES string of the molecule is C[C@@H]1CC[C@@]2(OC1)O[C@H]1C[C@H]3[C@@H]4C[C@H](O)[C@H]5C[C@@H](O[C@@H]6O[C@H](CO)[C@H](O[C@@H]7O[C@H](CO)[C@@H](O)[C@H](O)[C@H]7O[C@@H]7O[C@H](CO)[C@@H](O)[C@H](O)[C@H]7O)[C@H](O)[C@H]6O)CC[C@]5(C)[C@H]4CC[C@]3(C)[C@H]1[C@@H]2C. The highest BCUT2D eigenvalue weighted by atomic mass is 16.8. The van der Waals surface area contributed by atoms with Gasteiger partial charge in [-0.1, -0.05) is 27.7 Å². The molecule has 0 aromatic rings. The van der Waals surface area contributed by atoms with Crippen LogP contribution in [0.3, 0.4) is 0 Å². The summed E-state index contributed by atoms with van der Waals surface area (Å²) >= 11 is 0. The van der Waals surface area contributed by atoms with Crippen molar-refractivity contribution in [2.45, 2.75) is 202 Å². The molecule has 5 aliphatic heterocycles. The topological polar surface area (TPSA) is 296 Å². The van der Waals surface area contributed by atoms with Crippen LogP contribution in [0, 0.1) is 52.3 Å². The summed E-state index contributed by atoms with van der Waals surface area (Å²) in [5, 5.41) is 118. The van der Waals surface area contributed by atoms with Crippen molar-refractivity contribution in [2.24, 2.45) is 52.3 Å². The molecule has 19 nitrogen and oxygen atoms in total. The molecule has 368 valence electrons. The third kappa shape index (κ3) is 7.85. The summed E-state index contributed by atoms with van der Waals surface area (Å²) in [6.45, 7) is 7.83. The lowest BCUT2D eigenvalue weighted by Gasteiger charge is -2.62. The van der Waals surface area contributed by atoms with E-state index in [4.69, 9.17) is 37.9 Å². The second-order valence-electron chi connectivity index (χ2n) is 21.7.